The molecule has 4 nitrogen and oxygen atoms in total. The molecule has 0 bridgehead atoms. The standard InChI is InChI=1S/C16H24N2O2/c1-4-16(5-2,12-17)18-15(19)11-8-13-6-9-14(20-3)10-7-13/h6-11H,4-5,12,17H2,1-3H3,(H,18,19). The minimum absolute atomic E-state index is 0.116. The van der Waals surface area contributed by atoms with Gasteiger partial charge in [-0.2, -0.15) is 0 Å². The maximum Gasteiger partial charge on any atom is 0.244 e. The van der Waals surface area contributed by atoms with Crippen molar-refractivity contribution >= 4 is 12.0 Å². The zero-order valence-electron chi connectivity index (χ0n) is 12.5. The molecule has 1 aromatic rings. The van der Waals surface area contributed by atoms with Crippen molar-refractivity contribution in [3.05, 3.63) is 35.9 Å². The van der Waals surface area contributed by atoms with E-state index in [0.717, 1.165) is 24.2 Å². The molecule has 110 valence electrons. The van der Waals surface area contributed by atoms with Gasteiger partial charge >= 0.3 is 0 Å². The van der Waals surface area contributed by atoms with Crippen LogP contribution in [0.25, 0.3) is 6.08 Å². The van der Waals surface area contributed by atoms with E-state index < -0.39 is 0 Å². The SMILES string of the molecule is CCC(CC)(CN)NC(=O)C=Cc1ccc(OC)cc1. The summed E-state index contributed by atoms with van der Waals surface area (Å²) < 4.78 is 5.09. The monoisotopic (exact) mass is 276 g/mol. The second-order valence-electron chi connectivity index (χ2n) is 4.79. The van der Waals surface area contributed by atoms with Crippen molar-refractivity contribution in [2.24, 2.45) is 5.73 Å². The third-order valence-corrected chi connectivity index (χ3v) is 3.68. The summed E-state index contributed by atoms with van der Waals surface area (Å²) in [6, 6.07) is 7.52. The van der Waals surface area contributed by atoms with E-state index in [-0.39, 0.29) is 11.4 Å². The molecule has 1 rings (SSSR count). The number of hydrogen-bond donors (Lipinski definition) is 2. The lowest BCUT2D eigenvalue weighted by Gasteiger charge is -2.30. The Hall–Kier alpha value is -1.81. The van der Waals surface area contributed by atoms with Crippen molar-refractivity contribution in [3.63, 3.8) is 0 Å². The minimum atomic E-state index is -0.304. The molecule has 3 N–H and O–H groups in total. The van der Waals surface area contributed by atoms with Crippen LogP contribution in [-0.2, 0) is 4.79 Å². The highest BCUT2D eigenvalue weighted by molar-refractivity contribution is 5.92. The van der Waals surface area contributed by atoms with E-state index in [9.17, 15) is 4.79 Å². The lowest BCUT2D eigenvalue weighted by molar-refractivity contribution is -0.118. The highest BCUT2D eigenvalue weighted by Gasteiger charge is 2.25. The van der Waals surface area contributed by atoms with Gasteiger partial charge in [-0.15, -0.1) is 0 Å². The van der Waals surface area contributed by atoms with Crippen LogP contribution >= 0.6 is 0 Å². The maximum absolute atomic E-state index is 12.0. The third kappa shape index (κ3) is 4.38. The molecule has 0 heterocycles. The molecule has 0 aromatic heterocycles. The van der Waals surface area contributed by atoms with E-state index in [1.807, 2.05) is 38.1 Å². The third-order valence-electron chi connectivity index (χ3n) is 3.68. The first-order valence-electron chi connectivity index (χ1n) is 6.93. The minimum Gasteiger partial charge on any atom is -0.497 e. The molecule has 0 saturated heterocycles. The fourth-order valence-corrected chi connectivity index (χ4v) is 1.96. The molecule has 20 heavy (non-hydrogen) atoms. The molecule has 0 aliphatic carbocycles. The largest absolute Gasteiger partial charge is 0.497 e. The predicted octanol–water partition coefficient (Wildman–Crippen LogP) is 2.34. The zero-order valence-corrected chi connectivity index (χ0v) is 12.5. The highest BCUT2D eigenvalue weighted by Crippen LogP contribution is 2.14. The Morgan fingerprint density at radius 1 is 1.30 bits per heavy atom. The van der Waals surface area contributed by atoms with Crippen molar-refractivity contribution < 1.29 is 9.53 Å². The summed E-state index contributed by atoms with van der Waals surface area (Å²) in [6.07, 6.45) is 4.96. The summed E-state index contributed by atoms with van der Waals surface area (Å²) in [5.41, 5.74) is 6.41. The van der Waals surface area contributed by atoms with E-state index in [2.05, 4.69) is 5.32 Å². The molecule has 0 spiro atoms. The van der Waals surface area contributed by atoms with Crippen molar-refractivity contribution in [1.29, 1.82) is 0 Å². The van der Waals surface area contributed by atoms with Gasteiger partial charge < -0.3 is 15.8 Å². The Balaban J connectivity index is 2.67. The first-order chi connectivity index (χ1) is 9.59. The van der Waals surface area contributed by atoms with Crippen LogP contribution in [0.2, 0.25) is 0 Å². The average molecular weight is 276 g/mol. The molecule has 0 aliphatic heterocycles. The van der Waals surface area contributed by atoms with Crippen LogP contribution in [-0.4, -0.2) is 25.1 Å². The van der Waals surface area contributed by atoms with Crippen LogP contribution < -0.4 is 15.8 Å². The van der Waals surface area contributed by atoms with Gasteiger partial charge in [0, 0.05) is 12.6 Å². The number of hydrogen-bond acceptors (Lipinski definition) is 3. The number of ether oxygens (including phenoxy) is 1. The second-order valence-corrected chi connectivity index (χ2v) is 4.79. The van der Waals surface area contributed by atoms with Gasteiger partial charge in [0.15, 0.2) is 0 Å². The summed E-state index contributed by atoms with van der Waals surface area (Å²) in [5.74, 6) is 0.681. The van der Waals surface area contributed by atoms with E-state index in [1.54, 1.807) is 13.2 Å². The molecule has 4 heteroatoms. The number of nitrogens with two attached hydrogens (primary N) is 1. The van der Waals surface area contributed by atoms with E-state index in [0.29, 0.717) is 6.54 Å². The van der Waals surface area contributed by atoms with Gasteiger partial charge in [-0.25, -0.2) is 0 Å². The van der Waals surface area contributed by atoms with Gasteiger partial charge in [-0.05, 0) is 36.6 Å². The van der Waals surface area contributed by atoms with Crippen molar-refractivity contribution in [2.75, 3.05) is 13.7 Å². The molecule has 0 aliphatic rings. The van der Waals surface area contributed by atoms with Crippen molar-refractivity contribution in [3.8, 4) is 5.75 Å². The molecule has 0 atom stereocenters. The van der Waals surface area contributed by atoms with Crippen LogP contribution in [0, 0.1) is 0 Å². The normalized spacial score (nSPS) is 11.6. The number of methoxy groups -OCH3 is 1. The fourth-order valence-electron chi connectivity index (χ4n) is 1.96. The van der Waals surface area contributed by atoms with Gasteiger partial charge in [-0.1, -0.05) is 26.0 Å². The van der Waals surface area contributed by atoms with Gasteiger partial charge in [-0.3, -0.25) is 4.79 Å². The van der Waals surface area contributed by atoms with E-state index >= 15 is 0 Å². The summed E-state index contributed by atoms with van der Waals surface area (Å²) in [7, 11) is 1.63. The number of amides is 1. The van der Waals surface area contributed by atoms with Gasteiger partial charge in [0.2, 0.25) is 5.91 Å². The van der Waals surface area contributed by atoms with Crippen LogP contribution in [0.4, 0.5) is 0 Å². The van der Waals surface area contributed by atoms with E-state index in [1.165, 1.54) is 6.08 Å². The van der Waals surface area contributed by atoms with Crippen LogP contribution in [0.3, 0.4) is 0 Å². The highest BCUT2D eigenvalue weighted by atomic mass is 16.5. The molecule has 0 radical (unpaired) electrons. The molecule has 0 fully saturated rings. The topological polar surface area (TPSA) is 64.3 Å². The Bertz CT molecular complexity index is 440. The Kier molecular flexibility index (Phi) is 6.25. The van der Waals surface area contributed by atoms with Gasteiger partial charge in [0.05, 0.1) is 12.6 Å². The quantitative estimate of drug-likeness (QED) is 0.751. The van der Waals surface area contributed by atoms with Gasteiger partial charge in [0.1, 0.15) is 5.75 Å². The number of carbonyl (C=O) groups is 1. The van der Waals surface area contributed by atoms with Gasteiger partial charge in [0.25, 0.3) is 0 Å². The summed E-state index contributed by atoms with van der Waals surface area (Å²) in [4.78, 5) is 12.0. The molecule has 1 aromatic carbocycles. The first-order valence-corrected chi connectivity index (χ1v) is 6.93. The summed E-state index contributed by atoms with van der Waals surface area (Å²) in [5, 5.41) is 3.00. The van der Waals surface area contributed by atoms with Crippen LogP contribution in [0.15, 0.2) is 30.3 Å². The number of nitrogens with one attached hydrogen (secondary N) is 1. The molecule has 1 amide bonds. The summed E-state index contributed by atoms with van der Waals surface area (Å²) >= 11 is 0. The van der Waals surface area contributed by atoms with E-state index in [4.69, 9.17) is 10.5 Å². The summed E-state index contributed by atoms with van der Waals surface area (Å²) in [6.45, 7) is 4.51. The predicted molar refractivity (Wildman–Crippen MR) is 82.5 cm³/mol. The second kappa shape index (κ2) is 7.70. The van der Waals surface area contributed by atoms with Crippen LogP contribution in [0.5, 0.6) is 5.75 Å². The number of benzene rings is 1. The average Bonchev–Trinajstić information content (AvgIpc) is 2.51. The number of carbonyl (C=O) groups excluding carboxylic acids is 1. The number of rotatable bonds is 7. The molecule has 0 unspecified atom stereocenters. The maximum atomic E-state index is 12.0. The molecular weight excluding hydrogens is 252 g/mol. The smallest absolute Gasteiger partial charge is 0.244 e. The van der Waals surface area contributed by atoms with Crippen molar-refractivity contribution in [1.82, 2.24) is 5.32 Å². The fraction of sp³-hybridized carbons (Fsp3) is 0.438. The Morgan fingerprint density at radius 3 is 2.35 bits per heavy atom. The van der Waals surface area contributed by atoms with Crippen molar-refractivity contribution in [2.45, 2.75) is 32.2 Å². The Labute approximate surface area is 121 Å². The lowest BCUT2D eigenvalue weighted by atomic mass is 9.93. The first kappa shape index (κ1) is 16.2. The Morgan fingerprint density at radius 2 is 1.90 bits per heavy atom. The van der Waals surface area contributed by atoms with Crippen LogP contribution in [0.1, 0.15) is 32.3 Å². The zero-order chi connectivity index (χ0) is 15.0. The molecular formula is C16H24N2O2. The lowest BCUT2D eigenvalue weighted by Crippen LogP contribution is -2.52. The molecule has 0 saturated carbocycles.